The molecule has 4 atom stereocenters. The van der Waals surface area contributed by atoms with Crippen molar-refractivity contribution in [1.29, 1.82) is 0 Å². The van der Waals surface area contributed by atoms with Crippen molar-refractivity contribution >= 4 is 69.2 Å². The highest BCUT2D eigenvalue weighted by molar-refractivity contribution is 7.13. The van der Waals surface area contributed by atoms with E-state index in [4.69, 9.17) is 4.98 Å². The molecule has 3 aliphatic rings. The van der Waals surface area contributed by atoms with Crippen molar-refractivity contribution in [2.75, 3.05) is 42.9 Å². The van der Waals surface area contributed by atoms with E-state index < -0.39 is 29.5 Å². The molecule has 2 saturated heterocycles. The van der Waals surface area contributed by atoms with E-state index in [-0.39, 0.29) is 66.1 Å². The van der Waals surface area contributed by atoms with Crippen molar-refractivity contribution in [3.8, 4) is 10.4 Å². The fourth-order valence-corrected chi connectivity index (χ4v) is 11.2. The number of aryl methyl sites for hydroxylation is 2. The number of aliphatic hydroxyl groups excluding tert-OH is 1. The van der Waals surface area contributed by atoms with Crippen molar-refractivity contribution in [2.45, 2.75) is 143 Å². The zero-order valence-electron chi connectivity index (χ0n) is 43.1. The number of nitrogens with zero attached hydrogens (tertiary/aromatic N) is 8. The third-order valence-electron chi connectivity index (χ3n) is 14.6. The van der Waals surface area contributed by atoms with Crippen molar-refractivity contribution in [1.82, 2.24) is 44.9 Å². The van der Waals surface area contributed by atoms with Crippen molar-refractivity contribution in [2.24, 2.45) is 5.41 Å². The minimum absolute atomic E-state index is 0.00867. The summed E-state index contributed by atoms with van der Waals surface area (Å²) in [7, 11) is 0. The molecule has 0 spiro atoms. The first kappa shape index (κ1) is 52.7. The maximum Gasteiger partial charge on any atom is 0.263 e. The van der Waals surface area contributed by atoms with Gasteiger partial charge in [-0.1, -0.05) is 64.3 Å². The molecule has 1 saturated carbocycles. The van der Waals surface area contributed by atoms with Crippen LogP contribution in [0.15, 0.2) is 59.1 Å². The Kier molecular flexibility index (Phi) is 16.4. The van der Waals surface area contributed by atoms with Gasteiger partial charge >= 0.3 is 0 Å². The normalized spacial score (nSPS) is 18.2. The lowest BCUT2D eigenvalue weighted by Crippen LogP contribution is -2.57. The van der Waals surface area contributed by atoms with Gasteiger partial charge in [-0.2, -0.15) is 4.98 Å². The van der Waals surface area contributed by atoms with Crippen molar-refractivity contribution in [3.63, 3.8) is 0 Å². The highest BCUT2D eigenvalue weighted by Crippen LogP contribution is 2.33. The number of anilines is 3. The molecule has 1 aromatic carbocycles. The van der Waals surface area contributed by atoms with E-state index in [0.29, 0.717) is 80.2 Å². The maximum absolute atomic E-state index is 14.2. The summed E-state index contributed by atoms with van der Waals surface area (Å²) < 4.78 is 1.69. The summed E-state index contributed by atoms with van der Waals surface area (Å²) in [5, 5.41) is 20.5. The summed E-state index contributed by atoms with van der Waals surface area (Å²) in [4.78, 5) is 105. The number of carbonyl (C=O) groups is 5. The number of hydrogen-bond acceptors (Lipinski definition) is 14. The highest BCUT2D eigenvalue weighted by atomic mass is 32.1. The van der Waals surface area contributed by atoms with Crippen LogP contribution in [0.1, 0.15) is 138 Å². The van der Waals surface area contributed by atoms with Gasteiger partial charge in [0.15, 0.2) is 5.78 Å². The molecule has 1 unspecified atom stereocenters. The molecule has 4 N–H and O–H groups in total. The molecule has 4 aromatic heterocycles. The van der Waals surface area contributed by atoms with Crippen LogP contribution in [0.25, 0.3) is 21.5 Å². The molecule has 4 amide bonds. The highest BCUT2D eigenvalue weighted by Gasteiger charge is 2.45. The van der Waals surface area contributed by atoms with Gasteiger partial charge in [-0.25, -0.2) is 15.0 Å². The van der Waals surface area contributed by atoms with Gasteiger partial charge in [-0.3, -0.25) is 33.3 Å². The van der Waals surface area contributed by atoms with Gasteiger partial charge in [0.1, 0.15) is 23.5 Å². The maximum atomic E-state index is 14.2. The van der Waals surface area contributed by atoms with Gasteiger partial charge < -0.3 is 35.8 Å². The minimum atomic E-state index is -0.922. The summed E-state index contributed by atoms with van der Waals surface area (Å²) in [6.07, 6.45) is 8.79. The van der Waals surface area contributed by atoms with Crippen LogP contribution < -0.4 is 26.4 Å². The lowest BCUT2D eigenvalue weighted by Gasteiger charge is -2.36. The second kappa shape index (κ2) is 22.7. The van der Waals surface area contributed by atoms with E-state index in [2.05, 4.69) is 35.8 Å². The van der Waals surface area contributed by atoms with Gasteiger partial charge in [0.25, 0.3) is 5.56 Å². The number of carbonyl (C=O) groups excluding carboxylic acids is 5. The Bertz CT molecular complexity index is 2880. The molecule has 73 heavy (non-hydrogen) atoms. The van der Waals surface area contributed by atoms with Crippen LogP contribution in [0.5, 0.6) is 0 Å². The van der Waals surface area contributed by atoms with Crippen molar-refractivity contribution in [3.05, 3.63) is 87.0 Å². The first-order valence-electron chi connectivity index (χ1n) is 25.6. The first-order valence-corrected chi connectivity index (χ1v) is 26.5. The van der Waals surface area contributed by atoms with Crippen LogP contribution >= 0.6 is 11.3 Å². The number of rotatable bonds is 17. The fourth-order valence-electron chi connectivity index (χ4n) is 10.4. The number of hydrogen-bond donors (Lipinski definition) is 4. The number of piperazine rings is 1. The Hall–Kier alpha value is -6.60. The molecule has 18 nitrogen and oxygen atoms in total. The molecule has 8 rings (SSSR count). The number of nitrogens with one attached hydrogen (secondary N) is 3. The number of likely N-dealkylation sites (tertiary alicyclic amines) is 1. The monoisotopic (exact) mass is 1020 g/mol. The van der Waals surface area contributed by atoms with Crippen molar-refractivity contribution < 1.29 is 29.1 Å². The molecule has 5 aromatic rings. The quantitative estimate of drug-likeness (QED) is 0.0547. The van der Waals surface area contributed by atoms with Crippen LogP contribution in [0.4, 0.5) is 17.5 Å². The average Bonchev–Trinajstić information content (AvgIpc) is 4.15. The number of benzene rings is 1. The molecule has 0 radical (unpaired) electrons. The summed E-state index contributed by atoms with van der Waals surface area (Å²) in [5.74, 6) is -0.412. The molecule has 1 aliphatic carbocycles. The Morgan fingerprint density at radius 2 is 1.59 bits per heavy atom. The number of pyridine rings is 2. The number of aliphatic hydroxyl groups is 1. The number of amides is 4. The number of Topliss-reactive ketones (excluding diaryl/α,β-unsaturated/α-hetero) is 1. The molecule has 388 valence electrons. The third kappa shape index (κ3) is 12.1. The smallest absolute Gasteiger partial charge is 0.263 e. The fraction of sp³-hybridized carbons (Fsp3) is 0.519. The van der Waals surface area contributed by atoms with E-state index in [1.165, 1.54) is 11.8 Å². The van der Waals surface area contributed by atoms with E-state index >= 15 is 0 Å². The molecular formula is C54H69N11O7S. The van der Waals surface area contributed by atoms with Crippen LogP contribution in [-0.4, -0.2) is 120 Å². The predicted octanol–water partition coefficient (Wildman–Crippen LogP) is 6.96. The lowest BCUT2D eigenvalue weighted by atomic mass is 9.85. The number of ketones is 1. The summed E-state index contributed by atoms with van der Waals surface area (Å²) in [5.41, 5.74) is 5.96. The number of thiazole rings is 1. The van der Waals surface area contributed by atoms with E-state index in [1.54, 1.807) is 35.2 Å². The van der Waals surface area contributed by atoms with E-state index in [9.17, 15) is 33.9 Å². The van der Waals surface area contributed by atoms with Gasteiger partial charge in [-0.15, -0.1) is 11.3 Å². The van der Waals surface area contributed by atoms with Gasteiger partial charge in [0.2, 0.25) is 29.6 Å². The Morgan fingerprint density at radius 3 is 2.23 bits per heavy atom. The third-order valence-corrected chi connectivity index (χ3v) is 15.6. The molecule has 3 fully saturated rings. The molecule has 19 heteroatoms. The summed E-state index contributed by atoms with van der Waals surface area (Å²) in [6, 6.07) is 9.57. The first-order chi connectivity index (χ1) is 34.9. The second-order valence-corrected chi connectivity index (χ2v) is 21.8. The average molecular weight is 1020 g/mol. The SMILES string of the molecule is CC(=O)c1c(C)c2cnc(Nc3ccc(N4CCN(C(=O)CCCCCC(=O)NC(C(=O)N5C[C@H](O)C[C@H]5C(=O)N[C@@H](C)c5ccc(-c6scnc6C)cc5)C(C)(C)C)CC4)cn3)nc2n(C2CCCC2)c1=O. The molecular weight excluding hydrogens is 947 g/mol. The van der Waals surface area contributed by atoms with E-state index in [0.717, 1.165) is 53.1 Å². The van der Waals surface area contributed by atoms with Crippen LogP contribution in [0, 0.1) is 19.3 Å². The second-order valence-electron chi connectivity index (χ2n) is 20.9. The number of fused-ring (bicyclic) bond motifs is 1. The number of β-amino-alcohol motifs (C(OH)–C–C–N with tert-alkyl or cyclic N) is 1. The standard InChI is InChI=1S/C54H69N11O7S/c1-32-41-29-56-53(61-49(41)65(38-13-11-12-14-38)51(71)46(32)35(4)66)59-43-22-21-39(28-55-43)62-23-25-63(26-24-62)45(69)16-10-8-9-15-44(68)60-48(54(5,6)7)52(72)64-30-40(67)27-42(64)50(70)58-33(2)36-17-19-37(20-18-36)47-34(3)57-31-73-47/h17-22,28-29,31,33,38,40,42,48,67H,8-16,23-27,30H2,1-7H3,(H,58,70)(H,60,68)(H,55,56,59,61)/t33-,40+,42-,48?/m0/s1. The summed E-state index contributed by atoms with van der Waals surface area (Å²) in [6.45, 7) is 15.1. The number of aromatic nitrogens is 5. The van der Waals surface area contributed by atoms with Gasteiger partial charge in [0, 0.05) is 69.6 Å². The zero-order chi connectivity index (χ0) is 52.1. The van der Waals surface area contributed by atoms with Crippen LogP contribution in [-0.2, 0) is 19.2 Å². The molecule has 0 bridgehead atoms. The Balaban J connectivity index is 0.767. The van der Waals surface area contributed by atoms with Gasteiger partial charge in [0.05, 0.1) is 45.7 Å². The zero-order valence-corrected chi connectivity index (χ0v) is 43.9. The summed E-state index contributed by atoms with van der Waals surface area (Å²) >= 11 is 1.57. The predicted molar refractivity (Wildman–Crippen MR) is 282 cm³/mol. The van der Waals surface area contributed by atoms with E-state index in [1.807, 2.05) is 81.4 Å². The Labute approximate surface area is 430 Å². The minimum Gasteiger partial charge on any atom is -0.391 e. The largest absolute Gasteiger partial charge is 0.391 e. The van der Waals surface area contributed by atoms with Crippen LogP contribution in [0.2, 0.25) is 0 Å². The van der Waals surface area contributed by atoms with Crippen LogP contribution in [0.3, 0.4) is 0 Å². The Morgan fingerprint density at radius 1 is 0.877 bits per heavy atom. The molecule has 6 heterocycles. The van der Waals surface area contributed by atoms with Gasteiger partial charge in [-0.05, 0) is 87.6 Å². The topological polar surface area (TPSA) is 225 Å². The lowest BCUT2D eigenvalue weighted by molar-refractivity contribution is -0.144. The number of unbranched alkanes of at least 4 members (excludes halogenated alkanes) is 2. The molecule has 2 aliphatic heterocycles.